The maximum absolute atomic E-state index is 11.4. The molecular formula is C10H9ClN2O. The molecule has 1 heterocycles. The number of aromatic amines is 1. The van der Waals surface area contributed by atoms with E-state index in [2.05, 4.69) is 4.98 Å². The van der Waals surface area contributed by atoms with Gasteiger partial charge in [0.25, 0.3) is 0 Å². The van der Waals surface area contributed by atoms with Crippen molar-refractivity contribution in [2.45, 2.75) is 6.92 Å². The van der Waals surface area contributed by atoms with Crippen molar-refractivity contribution in [2.75, 3.05) is 0 Å². The number of aryl methyl sites for hydroxylation is 1. The third-order valence-electron chi connectivity index (χ3n) is 2.05. The number of H-pyrrole nitrogens is 1. The minimum absolute atomic E-state index is 0.171. The first-order valence-electron chi connectivity index (χ1n) is 4.22. The largest absolute Gasteiger partial charge is 0.330 e. The Morgan fingerprint density at radius 3 is 2.64 bits per heavy atom. The zero-order valence-electron chi connectivity index (χ0n) is 7.62. The van der Waals surface area contributed by atoms with Gasteiger partial charge < -0.3 is 4.98 Å². The lowest BCUT2D eigenvalue weighted by atomic mass is 10.3. The fraction of sp³-hybridized carbons (Fsp3) is 0.100. The van der Waals surface area contributed by atoms with Crippen molar-refractivity contribution in [3.8, 4) is 5.69 Å². The van der Waals surface area contributed by atoms with E-state index in [1.807, 2.05) is 25.1 Å². The SMILES string of the molecule is Cc1c[nH]c(=O)n1-c1ccccc1Cl. The van der Waals surface area contributed by atoms with Gasteiger partial charge in [-0.15, -0.1) is 0 Å². The van der Waals surface area contributed by atoms with E-state index in [1.54, 1.807) is 16.8 Å². The van der Waals surface area contributed by atoms with E-state index in [1.165, 1.54) is 0 Å². The average molecular weight is 209 g/mol. The van der Waals surface area contributed by atoms with E-state index in [0.29, 0.717) is 10.7 Å². The highest BCUT2D eigenvalue weighted by molar-refractivity contribution is 6.32. The van der Waals surface area contributed by atoms with Crippen LogP contribution in [-0.4, -0.2) is 9.55 Å². The Balaban J connectivity index is 2.72. The van der Waals surface area contributed by atoms with Gasteiger partial charge in [0, 0.05) is 11.9 Å². The van der Waals surface area contributed by atoms with Gasteiger partial charge in [-0.05, 0) is 19.1 Å². The van der Waals surface area contributed by atoms with Gasteiger partial charge in [0.15, 0.2) is 0 Å². The van der Waals surface area contributed by atoms with Gasteiger partial charge in [0.05, 0.1) is 10.7 Å². The molecule has 0 fully saturated rings. The van der Waals surface area contributed by atoms with Gasteiger partial charge in [-0.25, -0.2) is 4.79 Å². The third kappa shape index (κ3) is 1.36. The smallest absolute Gasteiger partial charge is 0.312 e. The van der Waals surface area contributed by atoms with E-state index in [-0.39, 0.29) is 5.69 Å². The second-order valence-corrected chi connectivity index (χ2v) is 3.43. The molecule has 0 saturated heterocycles. The fourth-order valence-electron chi connectivity index (χ4n) is 1.39. The van der Waals surface area contributed by atoms with Crippen molar-refractivity contribution < 1.29 is 0 Å². The number of aromatic nitrogens is 2. The van der Waals surface area contributed by atoms with Gasteiger partial charge >= 0.3 is 5.69 Å². The fourth-order valence-corrected chi connectivity index (χ4v) is 1.61. The second-order valence-electron chi connectivity index (χ2n) is 3.02. The topological polar surface area (TPSA) is 37.8 Å². The van der Waals surface area contributed by atoms with E-state index in [0.717, 1.165) is 5.69 Å². The van der Waals surface area contributed by atoms with E-state index in [4.69, 9.17) is 11.6 Å². The highest BCUT2D eigenvalue weighted by Crippen LogP contribution is 2.18. The van der Waals surface area contributed by atoms with Crippen molar-refractivity contribution in [3.05, 3.63) is 51.7 Å². The van der Waals surface area contributed by atoms with Crippen LogP contribution in [0, 0.1) is 6.92 Å². The van der Waals surface area contributed by atoms with Gasteiger partial charge in [-0.2, -0.15) is 0 Å². The van der Waals surface area contributed by atoms with Gasteiger partial charge in [0.1, 0.15) is 0 Å². The lowest BCUT2D eigenvalue weighted by Gasteiger charge is -2.05. The summed E-state index contributed by atoms with van der Waals surface area (Å²) in [5.41, 5.74) is 1.37. The first kappa shape index (κ1) is 9.09. The summed E-state index contributed by atoms with van der Waals surface area (Å²) >= 11 is 5.99. The lowest BCUT2D eigenvalue weighted by molar-refractivity contribution is 0.949. The molecule has 0 aliphatic rings. The Morgan fingerprint density at radius 1 is 1.36 bits per heavy atom. The van der Waals surface area contributed by atoms with Crippen LogP contribution in [0.15, 0.2) is 35.3 Å². The summed E-state index contributed by atoms with van der Waals surface area (Å²) in [6, 6.07) is 7.25. The molecule has 3 nitrogen and oxygen atoms in total. The molecule has 1 aromatic carbocycles. The van der Waals surface area contributed by atoms with Crippen LogP contribution in [0.3, 0.4) is 0 Å². The molecule has 1 aromatic heterocycles. The molecule has 14 heavy (non-hydrogen) atoms. The Bertz CT molecular complexity index is 513. The Hall–Kier alpha value is -1.48. The molecule has 0 bridgehead atoms. The van der Waals surface area contributed by atoms with Crippen LogP contribution in [0.1, 0.15) is 5.69 Å². The van der Waals surface area contributed by atoms with Crippen molar-refractivity contribution in [2.24, 2.45) is 0 Å². The molecule has 72 valence electrons. The molecule has 2 aromatic rings. The average Bonchev–Trinajstić information content (AvgIpc) is 2.48. The van der Waals surface area contributed by atoms with Crippen LogP contribution in [0.25, 0.3) is 5.69 Å². The summed E-state index contributed by atoms with van der Waals surface area (Å²) in [6.45, 7) is 1.85. The summed E-state index contributed by atoms with van der Waals surface area (Å²) < 4.78 is 1.54. The standard InChI is InChI=1S/C10H9ClN2O/c1-7-6-12-10(14)13(7)9-5-3-2-4-8(9)11/h2-6H,1H3,(H,12,14). The number of para-hydroxylation sites is 1. The van der Waals surface area contributed by atoms with Crippen molar-refractivity contribution >= 4 is 11.6 Å². The van der Waals surface area contributed by atoms with Crippen LogP contribution < -0.4 is 5.69 Å². The molecule has 0 spiro atoms. The normalized spacial score (nSPS) is 10.4. The monoisotopic (exact) mass is 208 g/mol. The summed E-state index contributed by atoms with van der Waals surface area (Å²) in [6.07, 6.45) is 1.66. The molecule has 4 heteroatoms. The molecule has 0 unspecified atom stereocenters. The van der Waals surface area contributed by atoms with Gasteiger partial charge in [0.2, 0.25) is 0 Å². The third-order valence-corrected chi connectivity index (χ3v) is 2.37. The molecule has 1 N–H and O–H groups in total. The zero-order valence-corrected chi connectivity index (χ0v) is 8.38. The van der Waals surface area contributed by atoms with Crippen molar-refractivity contribution in [1.29, 1.82) is 0 Å². The summed E-state index contributed by atoms with van der Waals surface area (Å²) in [5, 5.41) is 0.567. The van der Waals surface area contributed by atoms with E-state index in [9.17, 15) is 4.79 Å². The van der Waals surface area contributed by atoms with Gasteiger partial charge in [-0.1, -0.05) is 23.7 Å². The van der Waals surface area contributed by atoms with Crippen LogP contribution in [-0.2, 0) is 0 Å². The molecule has 0 aliphatic carbocycles. The molecule has 0 amide bonds. The summed E-state index contributed by atoms with van der Waals surface area (Å²) in [4.78, 5) is 14.1. The second kappa shape index (κ2) is 3.35. The quantitative estimate of drug-likeness (QED) is 0.766. The summed E-state index contributed by atoms with van der Waals surface area (Å²) in [7, 11) is 0. The molecule has 0 aliphatic heterocycles. The van der Waals surface area contributed by atoms with Crippen LogP contribution in [0.5, 0.6) is 0 Å². The molecular weight excluding hydrogens is 200 g/mol. The maximum atomic E-state index is 11.4. The molecule has 0 atom stereocenters. The number of imidazole rings is 1. The highest BCUT2D eigenvalue weighted by Gasteiger charge is 2.07. The van der Waals surface area contributed by atoms with Crippen LogP contribution in [0.4, 0.5) is 0 Å². The summed E-state index contributed by atoms with van der Waals surface area (Å²) in [5.74, 6) is 0. The zero-order chi connectivity index (χ0) is 10.1. The number of rotatable bonds is 1. The number of nitrogens with zero attached hydrogens (tertiary/aromatic N) is 1. The van der Waals surface area contributed by atoms with Crippen molar-refractivity contribution in [3.63, 3.8) is 0 Å². The van der Waals surface area contributed by atoms with E-state index >= 15 is 0 Å². The maximum Gasteiger partial charge on any atom is 0.330 e. The van der Waals surface area contributed by atoms with Crippen molar-refractivity contribution in [1.82, 2.24) is 9.55 Å². The first-order valence-corrected chi connectivity index (χ1v) is 4.60. The Morgan fingerprint density at radius 2 is 2.07 bits per heavy atom. The Kier molecular flexibility index (Phi) is 2.17. The molecule has 2 rings (SSSR count). The number of benzene rings is 1. The number of nitrogens with one attached hydrogen (secondary N) is 1. The van der Waals surface area contributed by atoms with E-state index < -0.39 is 0 Å². The van der Waals surface area contributed by atoms with Gasteiger partial charge in [-0.3, -0.25) is 4.57 Å². The molecule has 0 radical (unpaired) electrons. The minimum atomic E-state index is -0.171. The molecule has 0 saturated carbocycles. The highest BCUT2D eigenvalue weighted by atomic mass is 35.5. The predicted octanol–water partition coefficient (Wildman–Crippen LogP) is 2.13. The Labute approximate surface area is 86.0 Å². The number of hydrogen-bond donors (Lipinski definition) is 1. The van der Waals surface area contributed by atoms with Crippen LogP contribution in [0.2, 0.25) is 5.02 Å². The predicted molar refractivity (Wildman–Crippen MR) is 56.1 cm³/mol. The minimum Gasteiger partial charge on any atom is -0.312 e. The lowest BCUT2D eigenvalue weighted by Crippen LogP contribution is -2.16. The number of hydrogen-bond acceptors (Lipinski definition) is 1. The van der Waals surface area contributed by atoms with Crippen LogP contribution >= 0.6 is 11.6 Å². The first-order chi connectivity index (χ1) is 6.70. The number of halogens is 1.